The second-order valence-electron chi connectivity index (χ2n) is 8.57. The molecule has 0 radical (unpaired) electrons. The van der Waals surface area contributed by atoms with Gasteiger partial charge in [0.1, 0.15) is 11.6 Å². The molecule has 0 aromatic heterocycles. The first-order chi connectivity index (χ1) is 17.7. The minimum absolute atomic E-state index is 0.321. The molecule has 0 amide bonds. The molecule has 2 rings (SSSR count). The number of ether oxygens (including phenoxy) is 1. The number of benzene rings is 2. The van der Waals surface area contributed by atoms with Crippen LogP contribution in [0.2, 0.25) is 0 Å². The molecular weight excluding hydrogens is 469 g/mol. The number of guanidine groups is 1. The molecule has 0 fully saturated rings. The number of nitrogens with one attached hydrogen (secondary N) is 3. The van der Waals surface area contributed by atoms with Gasteiger partial charge in [0, 0.05) is 63.7 Å². The van der Waals surface area contributed by atoms with E-state index in [1.165, 1.54) is 12.1 Å². The van der Waals surface area contributed by atoms with Crippen LogP contribution >= 0.6 is 0 Å². The lowest BCUT2D eigenvalue weighted by Gasteiger charge is -2.25. The van der Waals surface area contributed by atoms with Gasteiger partial charge in [-0.2, -0.15) is 0 Å². The third-order valence-corrected chi connectivity index (χ3v) is 5.76. The average molecular weight is 510 g/mol. The zero-order chi connectivity index (χ0) is 27.5. The number of aliphatic imine (C=N–C) groups is 2. The molecule has 0 aliphatic heterocycles. The van der Waals surface area contributed by atoms with Crippen LogP contribution in [0.1, 0.15) is 18.1 Å². The zero-order valence-electron chi connectivity index (χ0n) is 23.1. The minimum atomic E-state index is -0.393. The lowest BCUT2D eigenvalue weighted by atomic mass is 10.0. The summed E-state index contributed by atoms with van der Waals surface area (Å²) < 4.78 is 20.5. The molecule has 200 valence electrons. The molecule has 3 N–H and O–H groups in total. The molecule has 0 aliphatic rings. The van der Waals surface area contributed by atoms with Crippen molar-refractivity contribution in [3.05, 3.63) is 60.4 Å². The van der Waals surface area contributed by atoms with Crippen LogP contribution in [-0.4, -0.2) is 78.6 Å². The summed E-state index contributed by atoms with van der Waals surface area (Å²) >= 11 is 0. The third-order valence-electron chi connectivity index (χ3n) is 5.76. The fourth-order valence-corrected chi connectivity index (χ4v) is 3.73. The molecule has 0 saturated carbocycles. The number of anilines is 4. The molecule has 2 aromatic rings. The summed E-state index contributed by atoms with van der Waals surface area (Å²) in [6.07, 6.45) is 3.07. The maximum atomic E-state index is 14.8. The van der Waals surface area contributed by atoms with Gasteiger partial charge < -0.3 is 30.5 Å². The Bertz CT molecular complexity index is 1160. The van der Waals surface area contributed by atoms with E-state index in [1.54, 1.807) is 20.2 Å². The average Bonchev–Trinajstić information content (AvgIpc) is 2.89. The van der Waals surface area contributed by atoms with E-state index in [-0.39, 0.29) is 0 Å². The van der Waals surface area contributed by atoms with E-state index in [9.17, 15) is 4.39 Å². The van der Waals surface area contributed by atoms with Gasteiger partial charge in [-0.1, -0.05) is 19.2 Å². The molecular formula is C28H40FN7O. The van der Waals surface area contributed by atoms with Crippen LogP contribution in [0, 0.1) is 5.82 Å². The normalized spacial score (nSPS) is 11.8. The summed E-state index contributed by atoms with van der Waals surface area (Å²) in [6, 6.07) is 7.18. The van der Waals surface area contributed by atoms with Gasteiger partial charge >= 0.3 is 0 Å². The van der Waals surface area contributed by atoms with Gasteiger partial charge in [0.05, 0.1) is 29.9 Å². The maximum Gasteiger partial charge on any atom is 0.222 e. The number of likely N-dealkylation sites (N-methyl/N-ethyl adjacent to an activating group) is 2. The highest BCUT2D eigenvalue weighted by Crippen LogP contribution is 2.36. The third kappa shape index (κ3) is 7.57. The smallest absolute Gasteiger partial charge is 0.222 e. The Kier molecular flexibility index (Phi) is 11.1. The summed E-state index contributed by atoms with van der Waals surface area (Å²) in [5.41, 5.74) is 4.70. The maximum absolute atomic E-state index is 14.8. The Balaban J connectivity index is 2.46. The molecule has 0 aliphatic carbocycles. The Morgan fingerprint density at radius 1 is 1.08 bits per heavy atom. The molecule has 0 unspecified atom stereocenters. The highest BCUT2D eigenvalue weighted by Gasteiger charge is 2.16. The van der Waals surface area contributed by atoms with Crippen molar-refractivity contribution in [1.29, 1.82) is 0 Å². The van der Waals surface area contributed by atoms with Crippen LogP contribution in [0.25, 0.3) is 6.08 Å². The van der Waals surface area contributed by atoms with Gasteiger partial charge in [0.15, 0.2) is 0 Å². The summed E-state index contributed by atoms with van der Waals surface area (Å²) in [4.78, 5) is 13.3. The van der Waals surface area contributed by atoms with Gasteiger partial charge in [-0.15, -0.1) is 0 Å². The Morgan fingerprint density at radius 2 is 1.81 bits per heavy atom. The van der Waals surface area contributed by atoms with E-state index in [2.05, 4.69) is 48.9 Å². The first-order valence-electron chi connectivity index (χ1n) is 12.1. The minimum Gasteiger partial charge on any atom is -0.494 e. The van der Waals surface area contributed by atoms with Gasteiger partial charge in [-0.25, -0.2) is 9.38 Å². The summed E-state index contributed by atoms with van der Waals surface area (Å²) in [5, 5.41) is 9.68. The van der Waals surface area contributed by atoms with E-state index in [1.807, 2.05) is 53.3 Å². The molecule has 0 heterocycles. The first-order valence-corrected chi connectivity index (χ1v) is 12.1. The van der Waals surface area contributed by atoms with Crippen molar-refractivity contribution in [3.63, 3.8) is 0 Å². The van der Waals surface area contributed by atoms with Crippen molar-refractivity contribution in [2.45, 2.75) is 6.92 Å². The molecule has 37 heavy (non-hydrogen) atoms. The second kappa shape index (κ2) is 14.0. The van der Waals surface area contributed by atoms with Crippen LogP contribution in [0.3, 0.4) is 0 Å². The van der Waals surface area contributed by atoms with E-state index >= 15 is 0 Å². The number of hydrogen-bond acceptors (Lipinski definition) is 6. The standard InChI is InChI=1S/C28H40FN7O/c1-10-20-21(29)15-19(16-23(20)32-12-3)22(11-2)33-28(31-5)34-25-17-24(30-4)26(18-27(25)37-9)36(8)14-13-35(6)7/h10-11,15-18,30,32H,1-2,12-14H2,3-9H3,(H,31,34)/b33-22+. The molecule has 2 aromatic carbocycles. The molecule has 0 atom stereocenters. The molecule has 0 saturated heterocycles. The number of halogens is 1. The van der Waals surface area contributed by atoms with Crippen LogP contribution in [0.15, 0.2) is 53.5 Å². The number of rotatable bonds is 12. The molecule has 8 nitrogen and oxygen atoms in total. The first kappa shape index (κ1) is 29.4. The monoisotopic (exact) mass is 509 g/mol. The fraction of sp³-hybridized carbons (Fsp3) is 0.357. The highest BCUT2D eigenvalue weighted by molar-refractivity contribution is 6.16. The SMILES string of the molecule is C=C/C(=N\C(=NC)Nc1cc(NC)c(N(C)CCN(C)C)cc1OC)c1cc(F)c(C=C)c(NCC)c1. The largest absolute Gasteiger partial charge is 0.494 e. The number of hydrogen-bond donors (Lipinski definition) is 3. The van der Waals surface area contributed by atoms with Gasteiger partial charge in [-0.05, 0) is 45.3 Å². The van der Waals surface area contributed by atoms with Gasteiger partial charge in [0.25, 0.3) is 0 Å². The quantitative estimate of drug-likeness (QED) is 0.276. The van der Waals surface area contributed by atoms with Crippen LogP contribution < -0.4 is 25.6 Å². The van der Waals surface area contributed by atoms with Crippen LogP contribution in [0.5, 0.6) is 5.75 Å². The van der Waals surface area contributed by atoms with Gasteiger partial charge in [-0.3, -0.25) is 4.99 Å². The van der Waals surface area contributed by atoms with E-state index in [0.29, 0.717) is 46.5 Å². The van der Waals surface area contributed by atoms with Crippen molar-refractivity contribution < 1.29 is 9.13 Å². The van der Waals surface area contributed by atoms with E-state index < -0.39 is 5.82 Å². The van der Waals surface area contributed by atoms with Crippen molar-refractivity contribution in [1.82, 2.24) is 4.90 Å². The van der Waals surface area contributed by atoms with Crippen LogP contribution in [-0.2, 0) is 0 Å². The number of nitrogens with zero attached hydrogens (tertiary/aromatic N) is 4. The zero-order valence-corrected chi connectivity index (χ0v) is 23.1. The predicted octanol–water partition coefficient (Wildman–Crippen LogP) is 5.02. The summed E-state index contributed by atoms with van der Waals surface area (Å²) in [7, 11) is 11.3. The lowest BCUT2D eigenvalue weighted by Crippen LogP contribution is -2.29. The Labute approximate surface area is 220 Å². The van der Waals surface area contributed by atoms with E-state index in [0.717, 1.165) is 24.5 Å². The Hall–Kier alpha value is -3.85. The van der Waals surface area contributed by atoms with Crippen molar-refractivity contribution >= 4 is 40.5 Å². The predicted molar refractivity (Wildman–Crippen MR) is 159 cm³/mol. The van der Waals surface area contributed by atoms with Crippen molar-refractivity contribution in [2.24, 2.45) is 9.98 Å². The van der Waals surface area contributed by atoms with Crippen LogP contribution in [0.4, 0.5) is 27.1 Å². The van der Waals surface area contributed by atoms with Gasteiger partial charge in [0.2, 0.25) is 5.96 Å². The summed E-state index contributed by atoms with van der Waals surface area (Å²) in [5.74, 6) is 0.565. The molecule has 0 bridgehead atoms. The van der Waals surface area contributed by atoms with E-state index in [4.69, 9.17) is 4.74 Å². The second-order valence-corrected chi connectivity index (χ2v) is 8.57. The fourth-order valence-electron chi connectivity index (χ4n) is 3.73. The topological polar surface area (TPSA) is 76.5 Å². The van der Waals surface area contributed by atoms with Crippen molar-refractivity contribution in [2.75, 3.05) is 82.8 Å². The van der Waals surface area contributed by atoms with Crippen molar-refractivity contribution in [3.8, 4) is 5.75 Å². The number of methoxy groups -OCH3 is 1. The number of allylic oxidation sites excluding steroid dienone is 1. The summed E-state index contributed by atoms with van der Waals surface area (Å²) in [6.45, 7) is 12.0. The lowest BCUT2D eigenvalue weighted by molar-refractivity contribution is 0.413. The Morgan fingerprint density at radius 3 is 2.35 bits per heavy atom. The highest BCUT2D eigenvalue weighted by atomic mass is 19.1. The molecule has 0 spiro atoms. The molecule has 9 heteroatoms.